The van der Waals surface area contributed by atoms with Crippen LogP contribution in [0.3, 0.4) is 0 Å². The zero-order valence-corrected chi connectivity index (χ0v) is 14.7. The van der Waals surface area contributed by atoms with Crippen molar-refractivity contribution >= 4 is 23.1 Å². The van der Waals surface area contributed by atoms with Gasteiger partial charge in [-0.15, -0.1) is 0 Å². The number of hydrogen-bond donors (Lipinski definition) is 3. The molecule has 0 spiro atoms. The van der Waals surface area contributed by atoms with E-state index >= 15 is 0 Å². The molecule has 1 heterocycles. The molecule has 1 unspecified atom stereocenters. The fraction of sp³-hybridized carbons (Fsp3) is 0.150. The molecule has 0 bridgehead atoms. The third-order valence-electron chi connectivity index (χ3n) is 4.00. The van der Waals surface area contributed by atoms with Crippen LogP contribution in [0.15, 0.2) is 65.4 Å². The molecule has 0 saturated carbocycles. The van der Waals surface area contributed by atoms with E-state index in [1.807, 2.05) is 60.8 Å². The Kier molecular flexibility index (Phi) is 5.48. The number of aryl methyl sites for hydroxylation is 1. The number of aliphatic hydroxyl groups is 1. The molecular weight excluding hydrogens is 332 g/mol. The van der Waals surface area contributed by atoms with Gasteiger partial charge in [-0.1, -0.05) is 42.5 Å². The van der Waals surface area contributed by atoms with E-state index in [9.17, 15) is 9.90 Å². The summed E-state index contributed by atoms with van der Waals surface area (Å²) in [6.07, 6.45) is -0.751. The second-order valence-electron chi connectivity index (χ2n) is 5.80. The first-order valence-corrected chi connectivity index (χ1v) is 8.99. The van der Waals surface area contributed by atoms with Gasteiger partial charge in [-0.05, 0) is 52.1 Å². The van der Waals surface area contributed by atoms with Gasteiger partial charge in [0.1, 0.15) is 0 Å². The molecule has 5 heteroatoms. The predicted molar refractivity (Wildman–Crippen MR) is 103 cm³/mol. The number of thiophene rings is 1. The van der Waals surface area contributed by atoms with Crippen LogP contribution in [-0.2, 0) is 0 Å². The average molecular weight is 352 g/mol. The van der Waals surface area contributed by atoms with E-state index in [0.717, 1.165) is 22.4 Å². The van der Waals surface area contributed by atoms with Crippen molar-refractivity contribution in [3.63, 3.8) is 0 Å². The van der Waals surface area contributed by atoms with Crippen LogP contribution in [0.1, 0.15) is 17.2 Å². The van der Waals surface area contributed by atoms with Gasteiger partial charge < -0.3 is 15.7 Å². The topological polar surface area (TPSA) is 61.4 Å². The van der Waals surface area contributed by atoms with Gasteiger partial charge in [0.25, 0.3) is 0 Å². The smallest absolute Gasteiger partial charge is 0.319 e. The van der Waals surface area contributed by atoms with Crippen LogP contribution < -0.4 is 10.6 Å². The van der Waals surface area contributed by atoms with Crippen molar-refractivity contribution in [3.05, 3.63) is 76.5 Å². The number of para-hydroxylation sites is 1. The minimum atomic E-state index is -0.751. The first-order valence-electron chi connectivity index (χ1n) is 8.04. The number of benzene rings is 2. The number of carbonyl (C=O) groups is 1. The van der Waals surface area contributed by atoms with Gasteiger partial charge in [-0.2, -0.15) is 11.3 Å². The van der Waals surface area contributed by atoms with E-state index in [-0.39, 0.29) is 12.6 Å². The van der Waals surface area contributed by atoms with Crippen molar-refractivity contribution in [2.75, 3.05) is 11.9 Å². The van der Waals surface area contributed by atoms with E-state index in [2.05, 4.69) is 22.1 Å². The zero-order chi connectivity index (χ0) is 17.6. The lowest BCUT2D eigenvalue weighted by Gasteiger charge is -2.14. The van der Waals surface area contributed by atoms with Gasteiger partial charge >= 0.3 is 6.03 Å². The van der Waals surface area contributed by atoms with Gasteiger partial charge in [-0.25, -0.2) is 4.79 Å². The van der Waals surface area contributed by atoms with Crippen molar-refractivity contribution in [2.24, 2.45) is 0 Å². The van der Waals surface area contributed by atoms with E-state index in [1.54, 1.807) is 11.3 Å². The quantitative estimate of drug-likeness (QED) is 0.629. The highest BCUT2D eigenvalue weighted by Gasteiger charge is 2.10. The molecule has 25 heavy (non-hydrogen) atoms. The van der Waals surface area contributed by atoms with Crippen molar-refractivity contribution in [1.29, 1.82) is 0 Å². The number of amides is 2. The molecule has 0 radical (unpaired) electrons. The number of rotatable bonds is 5. The number of anilines is 1. The maximum absolute atomic E-state index is 12.0. The molecule has 3 N–H and O–H groups in total. The molecule has 0 aliphatic rings. The van der Waals surface area contributed by atoms with Gasteiger partial charge in [0.2, 0.25) is 0 Å². The normalized spacial score (nSPS) is 11.8. The zero-order valence-electron chi connectivity index (χ0n) is 13.9. The SMILES string of the molecule is Cc1ccccc1NC(=O)NCC(O)c1ccc(-c2ccsc2)cc1. The second kappa shape index (κ2) is 7.96. The first kappa shape index (κ1) is 17.2. The Bertz CT molecular complexity index is 829. The number of hydrogen-bond acceptors (Lipinski definition) is 3. The molecular formula is C20H20N2O2S. The first-order chi connectivity index (χ1) is 12.1. The van der Waals surface area contributed by atoms with Crippen LogP contribution in [0.5, 0.6) is 0 Å². The summed E-state index contributed by atoms with van der Waals surface area (Å²) in [5, 5.41) is 19.9. The minimum Gasteiger partial charge on any atom is -0.387 e. The van der Waals surface area contributed by atoms with Gasteiger partial charge in [0.15, 0.2) is 0 Å². The predicted octanol–water partition coefficient (Wildman–Crippen LogP) is 4.58. The Morgan fingerprint density at radius 3 is 2.52 bits per heavy atom. The molecule has 0 aliphatic heterocycles. The summed E-state index contributed by atoms with van der Waals surface area (Å²) in [6, 6.07) is 17.0. The van der Waals surface area contributed by atoms with Crippen LogP contribution in [-0.4, -0.2) is 17.7 Å². The Hall–Kier alpha value is -2.63. The van der Waals surface area contributed by atoms with Crippen molar-refractivity contribution in [1.82, 2.24) is 5.32 Å². The largest absolute Gasteiger partial charge is 0.387 e. The summed E-state index contributed by atoms with van der Waals surface area (Å²) >= 11 is 1.65. The average Bonchev–Trinajstić information content (AvgIpc) is 3.16. The number of aliphatic hydroxyl groups excluding tert-OH is 1. The highest BCUT2D eigenvalue weighted by atomic mass is 32.1. The summed E-state index contributed by atoms with van der Waals surface area (Å²) in [7, 11) is 0. The van der Waals surface area contributed by atoms with E-state index in [4.69, 9.17) is 0 Å². The lowest BCUT2D eigenvalue weighted by atomic mass is 10.0. The third kappa shape index (κ3) is 4.47. The molecule has 2 aromatic carbocycles. The van der Waals surface area contributed by atoms with Gasteiger partial charge in [0, 0.05) is 12.2 Å². The molecule has 3 rings (SSSR count). The molecule has 128 valence electrons. The van der Waals surface area contributed by atoms with Crippen LogP contribution >= 0.6 is 11.3 Å². The van der Waals surface area contributed by atoms with Crippen molar-refractivity contribution in [3.8, 4) is 11.1 Å². The van der Waals surface area contributed by atoms with E-state index in [1.165, 1.54) is 5.56 Å². The fourth-order valence-electron chi connectivity index (χ4n) is 2.51. The molecule has 4 nitrogen and oxygen atoms in total. The molecule has 1 aromatic heterocycles. The van der Waals surface area contributed by atoms with Crippen LogP contribution in [0.4, 0.5) is 10.5 Å². The summed E-state index contributed by atoms with van der Waals surface area (Å²) in [5.74, 6) is 0. The Balaban J connectivity index is 1.54. The molecule has 1 atom stereocenters. The second-order valence-corrected chi connectivity index (χ2v) is 6.58. The maximum Gasteiger partial charge on any atom is 0.319 e. The lowest BCUT2D eigenvalue weighted by molar-refractivity contribution is 0.175. The Labute approximate surface area is 151 Å². The van der Waals surface area contributed by atoms with Gasteiger partial charge in [0.05, 0.1) is 6.10 Å². The van der Waals surface area contributed by atoms with Crippen LogP contribution in [0.25, 0.3) is 11.1 Å². The molecule has 0 saturated heterocycles. The standard InChI is InChI=1S/C20H20N2O2S/c1-14-4-2-3-5-18(14)22-20(24)21-12-19(23)16-8-6-15(7-9-16)17-10-11-25-13-17/h2-11,13,19,23H,12H2,1H3,(H2,21,22,24). The van der Waals surface area contributed by atoms with Crippen molar-refractivity contribution in [2.45, 2.75) is 13.0 Å². The van der Waals surface area contributed by atoms with Gasteiger partial charge in [-0.3, -0.25) is 0 Å². The number of nitrogens with one attached hydrogen (secondary N) is 2. The highest BCUT2D eigenvalue weighted by Crippen LogP contribution is 2.24. The summed E-state index contributed by atoms with van der Waals surface area (Å²) in [4.78, 5) is 12.0. The molecule has 0 aliphatic carbocycles. The highest BCUT2D eigenvalue weighted by molar-refractivity contribution is 7.08. The maximum atomic E-state index is 12.0. The Morgan fingerprint density at radius 2 is 1.84 bits per heavy atom. The van der Waals surface area contributed by atoms with Crippen molar-refractivity contribution < 1.29 is 9.90 Å². The van der Waals surface area contributed by atoms with Crippen LogP contribution in [0, 0.1) is 6.92 Å². The number of carbonyl (C=O) groups excluding carboxylic acids is 1. The minimum absolute atomic E-state index is 0.148. The van der Waals surface area contributed by atoms with Crippen LogP contribution in [0.2, 0.25) is 0 Å². The summed E-state index contributed by atoms with van der Waals surface area (Å²) < 4.78 is 0. The van der Waals surface area contributed by atoms with E-state index in [0.29, 0.717) is 0 Å². The number of urea groups is 1. The molecule has 3 aromatic rings. The third-order valence-corrected chi connectivity index (χ3v) is 4.68. The summed E-state index contributed by atoms with van der Waals surface area (Å²) in [6.45, 7) is 2.08. The lowest BCUT2D eigenvalue weighted by Crippen LogP contribution is -2.32. The Morgan fingerprint density at radius 1 is 1.08 bits per heavy atom. The van der Waals surface area contributed by atoms with E-state index < -0.39 is 6.10 Å². The monoisotopic (exact) mass is 352 g/mol. The fourth-order valence-corrected chi connectivity index (χ4v) is 3.18. The molecule has 2 amide bonds. The summed E-state index contributed by atoms with van der Waals surface area (Å²) in [5.41, 5.74) is 4.80. The molecule has 0 fully saturated rings.